The van der Waals surface area contributed by atoms with Crippen LogP contribution in [0.2, 0.25) is 0 Å². The van der Waals surface area contributed by atoms with Gasteiger partial charge < -0.3 is 10.6 Å². The predicted octanol–water partition coefficient (Wildman–Crippen LogP) is 1.17. The summed E-state index contributed by atoms with van der Waals surface area (Å²) in [5, 5.41) is 4.07. The quantitative estimate of drug-likeness (QED) is 0.877. The Morgan fingerprint density at radius 1 is 1.61 bits per heavy atom. The Hall–Kier alpha value is -1.07. The number of amides is 1. The van der Waals surface area contributed by atoms with Crippen LogP contribution < -0.4 is 5.73 Å². The normalized spacial score (nSPS) is 13.6. The molecule has 1 aromatic heterocycles. The van der Waals surface area contributed by atoms with E-state index in [1.165, 1.54) is 0 Å². The topological polar surface area (TPSA) is 64.2 Å². The van der Waals surface area contributed by atoms with E-state index >= 15 is 0 Å². The minimum Gasteiger partial charge on any atom is -0.340 e. The van der Waals surface area contributed by atoms with Gasteiger partial charge in [-0.2, -0.15) is 5.10 Å². The van der Waals surface area contributed by atoms with Crippen molar-refractivity contribution in [3.63, 3.8) is 0 Å². The zero-order valence-electron chi connectivity index (χ0n) is 11.5. The molecule has 2 atom stereocenters. The molecule has 0 aromatic carbocycles. The highest BCUT2D eigenvalue weighted by Gasteiger charge is 2.22. The van der Waals surface area contributed by atoms with Gasteiger partial charge in [0.15, 0.2) is 0 Å². The number of halogens is 1. The predicted molar refractivity (Wildman–Crippen MR) is 74.4 cm³/mol. The van der Waals surface area contributed by atoms with Gasteiger partial charge in [0.2, 0.25) is 5.91 Å². The van der Waals surface area contributed by atoms with Gasteiger partial charge in [0.25, 0.3) is 0 Å². The Bertz CT molecular complexity index is 380. The molecule has 1 heterocycles. The monoisotopic (exact) mass is 274 g/mol. The SMILES string of the molecule is CCC(C)C(N)C(=O)N(C)Cc1cnn(C)c1.Cl. The van der Waals surface area contributed by atoms with E-state index in [1.54, 1.807) is 22.8 Å². The molecular formula is C12H23ClN4O. The van der Waals surface area contributed by atoms with Crippen LogP contribution in [0.25, 0.3) is 0 Å². The van der Waals surface area contributed by atoms with E-state index in [2.05, 4.69) is 5.10 Å². The molecule has 0 aliphatic heterocycles. The summed E-state index contributed by atoms with van der Waals surface area (Å²) in [5.41, 5.74) is 6.93. The number of carbonyl (C=O) groups excluding carboxylic acids is 1. The molecule has 1 amide bonds. The van der Waals surface area contributed by atoms with Crippen molar-refractivity contribution >= 4 is 18.3 Å². The largest absolute Gasteiger partial charge is 0.340 e. The third-order valence-electron chi connectivity index (χ3n) is 3.10. The molecule has 0 fully saturated rings. The van der Waals surface area contributed by atoms with Crippen LogP contribution in [0.15, 0.2) is 12.4 Å². The molecule has 2 N–H and O–H groups in total. The van der Waals surface area contributed by atoms with Crippen LogP contribution in [0.5, 0.6) is 0 Å². The summed E-state index contributed by atoms with van der Waals surface area (Å²) in [4.78, 5) is 13.7. The lowest BCUT2D eigenvalue weighted by molar-refractivity contribution is -0.132. The second kappa shape index (κ2) is 7.38. The number of hydrogen-bond donors (Lipinski definition) is 1. The first-order chi connectivity index (χ1) is 7.95. The number of hydrogen-bond acceptors (Lipinski definition) is 3. The third kappa shape index (κ3) is 4.31. The summed E-state index contributed by atoms with van der Waals surface area (Å²) in [6.45, 7) is 4.59. The van der Waals surface area contributed by atoms with E-state index in [0.29, 0.717) is 6.54 Å². The first-order valence-electron chi connectivity index (χ1n) is 5.93. The fourth-order valence-electron chi connectivity index (χ4n) is 1.66. The lowest BCUT2D eigenvalue weighted by Crippen LogP contribution is -2.45. The van der Waals surface area contributed by atoms with Gasteiger partial charge >= 0.3 is 0 Å². The van der Waals surface area contributed by atoms with Gasteiger partial charge in [-0.15, -0.1) is 12.4 Å². The van der Waals surface area contributed by atoms with Crippen molar-refractivity contribution < 1.29 is 4.79 Å². The number of likely N-dealkylation sites (N-methyl/N-ethyl adjacent to an activating group) is 1. The van der Waals surface area contributed by atoms with Crippen LogP contribution in [0.4, 0.5) is 0 Å². The minimum atomic E-state index is -0.415. The highest BCUT2D eigenvalue weighted by Crippen LogP contribution is 2.09. The lowest BCUT2D eigenvalue weighted by atomic mass is 9.99. The highest BCUT2D eigenvalue weighted by atomic mass is 35.5. The molecule has 0 saturated heterocycles. The summed E-state index contributed by atoms with van der Waals surface area (Å²) in [5.74, 6) is 0.196. The first kappa shape index (κ1) is 16.9. The molecule has 0 spiro atoms. The van der Waals surface area contributed by atoms with Gasteiger partial charge in [0, 0.05) is 32.4 Å². The fraction of sp³-hybridized carbons (Fsp3) is 0.667. The number of rotatable bonds is 5. The standard InChI is InChI=1S/C12H22N4O.ClH/c1-5-9(2)11(13)12(17)15(3)7-10-6-14-16(4)8-10;/h6,8-9,11H,5,7,13H2,1-4H3;1H. The summed E-state index contributed by atoms with van der Waals surface area (Å²) in [7, 11) is 3.63. The first-order valence-corrected chi connectivity index (χ1v) is 5.93. The van der Waals surface area contributed by atoms with E-state index in [9.17, 15) is 4.79 Å². The molecule has 6 heteroatoms. The molecule has 104 valence electrons. The smallest absolute Gasteiger partial charge is 0.239 e. The van der Waals surface area contributed by atoms with Gasteiger partial charge in [-0.05, 0) is 5.92 Å². The third-order valence-corrected chi connectivity index (χ3v) is 3.10. The fourth-order valence-corrected chi connectivity index (χ4v) is 1.66. The van der Waals surface area contributed by atoms with Crippen LogP contribution in [0.1, 0.15) is 25.8 Å². The van der Waals surface area contributed by atoms with Gasteiger partial charge in [-0.3, -0.25) is 9.48 Å². The lowest BCUT2D eigenvalue weighted by Gasteiger charge is -2.24. The molecule has 5 nitrogen and oxygen atoms in total. The van der Waals surface area contributed by atoms with Gasteiger partial charge in [0.05, 0.1) is 12.2 Å². The van der Waals surface area contributed by atoms with Crippen LogP contribution >= 0.6 is 12.4 Å². The summed E-state index contributed by atoms with van der Waals surface area (Å²) < 4.78 is 1.72. The number of aryl methyl sites for hydroxylation is 1. The summed E-state index contributed by atoms with van der Waals surface area (Å²) >= 11 is 0. The Labute approximate surface area is 115 Å². The molecule has 0 saturated carbocycles. The van der Waals surface area contributed by atoms with Crippen molar-refractivity contribution in [3.05, 3.63) is 18.0 Å². The number of nitrogens with zero attached hydrogens (tertiary/aromatic N) is 3. The van der Waals surface area contributed by atoms with Crippen molar-refractivity contribution in [3.8, 4) is 0 Å². The summed E-state index contributed by atoms with van der Waals surface area (Å²) in [6.07, 6.45) is 4.57. The van der Waals surface area contributed by atoms with E-state index < -0.39 is 6.04 Å². The highest BCUT2D eigenvalue weighted by molar-refractivity contribution is 5.85. The Balaban J connectivity index is 0.00000289. The second-order valence-corrected chi connectivity index (χ2v) is 4.63. The van der Waals surface area contributed by atoms with Crippen LogP contribution in [0.3, 0.4) is 0 Å². The molecule has 1 aromatic rings. The Morgan fingerprint density at radius 3 is 2.67 bits per heavy atom. The minimum absolute atomic E-state index is 0. The van der Waals surface area contributed by atoms with Crippen molar-refractivity contribution in [2.45, 2.75) is 32.9 Å². The van der Waals surface area contributed by atoms with E-state index in [1.807, 2.05) is 27.1 Å². The number of nitrogens with two attached hydrogens (primary N) is 1. The van der Waals surface area contributed by atoms with Crippen molar-refractivity contribution in [1.82, 2.24) is 14.7 Å². The molecule has 0 radical (unpaired) electrons. The van der Waals surface area contributed by atoms with Gasteiger partial charge in [-0.25, -0.2) is 0 Å². The number of aromatic nitrogens is 2. The molecule has 18 heavy (non-hydrogen) atoms. The molecular weight excluding hydrogens is 252 g/mol. The molecule has 1 rings (SSSR count). The molecule has 0 bridgehead atoms. The molecule has 0 aliphatic carbocycles. The maximum absolute atomic E-state index is 12.0. The average Bonchev–Trinajstić information content (AvgIpc) is 2.71. The molecule has 0 aliphatic rings. The van der Waals surface area contributed by atoms with E-state index in [0.717, 1.165) is 12.0 Å². The Morgan fingerprint density at radius 2 is 2.22 bits per heavy atom. The second-order valence-electron chi connectivity index (χ2n) is 4.63. The zero-order valence-corrected chi connectivity index (χ0v) is 12.3. The van der Waals surface area contributed by atoms with Crippen LogP contribution in [0, 0.1) is 5.92 Å². The Kier molecular flexibility index (Phi) is 6.94. The number of carbonyl (C=O) groups is 1. The van der Waals surface area contributed by atoms with Crippen molar-refractivity contribution in [2.24, 2.45) is 18.7 Å². The van der Waals surface area contributed by atoms with Crippen LogP contribution in [-0.2, 0) is 18.4 Å². The maximum Gasteiger partial charge on any atom is 0.239 e. The maximum atomic E-state index is 12.0. The summed E-state index contributed by atoms with van der Waals surface area (Å²) in [6, 6.07) is -0.415. The van der Waals surface area contributed by atoms with E-state index in [-0.39, 0.29) is 24.2 Å². The van der Waals surface area contributed by atoms with Crippen molar-refractivity contribution in [2.75, 3.05) is 7.05 Å². The van der Waals surface area contributed by atoms with Crippen molar-refractivity contribution in [1.29, 1.82) is 0 Å². The average molecular weight is 275 g/mol. The molecule has 2 unspecified atom stereocenters. The van der Waals surface area contributed by atoms with Crippen LogP contribution in [-0.4, -0.2) is 33.7 Å². The zero-order chi connectivity index (χ0) is 13.0. The van der Waals surface area contributed by atoms with Gasteiger partial charge in [-0.1, -0.05) is 20.3 Å². The van der Waals surface area contributed by atoms with E-state index in [4.69, 9.17) is 5.73 Å². The van der Waals surface area contributed by atoms with Gasteiger partial charge in [0.1, 0.15) is 0 Å².